The number of hydrogen-bond donors (Lipinski definition) is 1. The molecule has 0 amide bonds. The summed E-state index contributed by atoms with van der Waals surface area (Å²) in [4.78, 5) is 36.5. The van der Waals surface area contributed by atoms with Gasteiger partial charge in [-0.1, -0.05) is 40.9 Å². The van der Waals surface area contributed by atoms with Crippen molar-refractivity contribution in [1.29, 1.82) is 0 Å². The van der Waals surface area contributed by atoms with Crippen LogP contribution in [0.25, 0.3) is 10.9 Å². The molecule has 0 atom stereocenters. The molecule has 1 heterocycles. The van der Waals surface area contributed by atoms with Crippen LogP contribution in [0, 0.1) is 6.92 Å². The molecule has 0 fully saturated rings. The maximum Gasteiger partial charge on any atom is 0.332 e. The predicted octanol–water partition coefficient (Wildman–Crippen LogP) is 2.91. The molecule has 3 aromatic rings. The van der Waals surface area contributed by atoms with Crippen LogP contribution in [0.15, 0.2) is 46.0 Å². The van der Waals surface area contributed by atoms with E-state index in [1.807, 2.05) is 6.92 Å². The van der Waals surface area contributed by atoms with Gasteiger partial charge < -0.3 is 5.11 Å². The van der Waals surface area contributed by atoms with Gasteiger partial charge in [-0.15, -0.1) is 0 Å². The highest BCUT2D eigenvalue weighted by Gasteiger charge is 2.16. The van der Waals surface area contributed by atoms with E-state index in [1.54, 1.807) is 36.4 Å². The number of aromatic nitrogens is 2. The SMILES string of the molecule is Cc1ccc2c(c1)c(=O)n(CC(=O)O)c(=O)n2Cc1ccc(Cl)c(Cl)c1. The van der Waals surface area contributed by atoms with Crippen LogP contribution in [0.4, 0.5) is 0 Å². The zero-order valence-corrected chi connectivity index (χ0v) is 15.2. The summed E-state index contributed by atoms with van der Waals surface area (Å²) in [7, 11) is 0. The largest absolute Gasteiger partial charge is 0.480 e. The second-order valence-corrected chi connectivity index (χ2v) is 6.74. The molecular formula is C18H14Cl2N2O4. The van der Waals surface area contributed by atoms with Crippen molar-refractivity contribution in [2.24, 2.45) is 0 Å². The number of benzene rings is 2. The van der Waals surface area contributed by atoms with E-state index in [1.165, 1.54) is 4.57 Å². The first-order valence-corrected chi connectivity index (χ1v) is 8.43. The van der Waals surface area contributed by atoms with Crippen LogP contribution in [-0.4, -0.2) is 20.2 Å². The van der Waals surface area contributed by atoms with E-state index in [9.17, 15) is 14.4 Å². The second-order valence-electron chi connectivity index (χ2n) is 5.92. The smallest absolute Gasteiger partial charge is 0.332 e. The summed E-state index contributed by atoms with van der Waals surface area (Å²) >= 11 is 12.0. The van der Waals surface area contributed by atoms with E-state index in [4.69, 9.17) is 28.3 Å². The molecule has 0 aliphatic rings. The molecule has 26 heavy (non-hydrogen) atoms. The van der Waals surface area contributed by atoms with Gasteiger partial charge in [-0.2, -0.15) is 0 Å². The first-order chi connectivity index (χ1) is 12.3. The highest BCUT2D eigenvalue weighted by atomic mass is 35.5. The number of carbonyl (C=O) groups is 1. The monoisotopic (exact) mass is 392 g/mol. The van der Waals surface area contributed by atoms with E-state index < -0.39 is 23.8 Å². The van der Waals surface area contributed by atoms with Crippen LogP contribution in [0.5, 0.6) is 0 Å². The normalized spacial score (nSPS) is 11.0. The maximum absolute atomic E-state index is 12.8. The summed E-state index contributed by atoms with van der Waals surface area (Å²) in [6.07, 6.45) is 0. The lowest BCUT2D eigenvalue weighted by Crippen LogP contribution is -2.41. The molecule has 0 radical (unpaired) electrons. The zero-order chi connectivity index (χ0) is 19.0. The van der Waals surface area contributed by atoms with Crippen molar-refractivity contribution in [1.82, 2.24) is 9.13 Å². The predicted molar refractivity (Wildman–Crippen MR) is 100 cm³/mol. The molecule has 3 rings (SSSR count). The van der Waals surface area contributed by atoms with Crippen molar-refractivity contribution in [3.05, 3.63) is 78.4 Å². The number of carboxylic acids is 1. The van der Waals surface area contributed by atoms with Crippen molar-refractivity contribution < 1.29 is 9.90 Å². The number of aryl methyl sites for hydroxylation is 1. The number of rotatable bonds is 4. The van der Waals surface area contributed by atoms with Gasteiger partial charge in [-0.3, -0.25) is 14.2 Å². The number of fused-ring (bicyclic) bond motifs is 1. The molecule has 8 heteroatoms. The molecule has 0 bridgehead atoms. The number of carboxylic acid groups (broad SMARTS) is 1. The molecule has 1 aromatic heterocycles. The van der Waals surface area contributed by atoms with Gasteiger partial charge in [-0.05, 0) is 36.8 Å². The van der Waals surface area contributed by atoms with Gasteiger partial charge in [-0.25, -0.2) is 9.36 Å². The lowest BCUT2D eigenvalue weighted by atomic mass is 10.1. The van der Waals surface area contributed by atoms with E-state index in [0.29, 0.717) is 21.1 Å². The Labute approximate surface area is 157 Å². The lowest BCUT2D eigenvalue weighted by Gasteiger charge is -2.14. The molecule has 1 N–H and O–H groups in total. The molecule has 0 unspecified atom stereocenters. The fourth-order valence-electron chi connectivity index (χ4n) is 2.79. The van der Waals surface area contributed by atoms with Crippen LogP contribution in [0.1, 0.15) is 11.1 Å². The Bertz CT molecular complexity index is 1150. The Morgan fingerprint density at radius 1 is 1.04 bits per heavy atom. The molecule has 0 aliphatic carbocycles. The van der Waals surface area contributed by atoms with Crippen LogP contribution in [-0.2, 0) is 17.9 Å². The van der Waals surface area contributed by atoms with Crippen molar-refractivity contribution in [2.75, 3.05) is 0 Å². The van der Waals surface area contributed by atoms with Gasteiger partial charge in [0.1, 0.15) is 6.54 Å². The number of nitrogens with zero attached hydrogens (tertiary/aromatic N) is 2. The van der Waals surface area contributed by atoms with Crippen LogP contribution >= 0.6 is 23.2 Å². The van der Waals surface area contributed by atoms with Gasteiger partial charge in [0.15, 0.2) is 0 Å². The second kappa shape index (κ2) is 6.97. The van der Waals surface area contributed by atoms with E-state index in [0.717, 1.165) is 10.1 Å². The third-order valence-corrected chi connectivity index (χ3v) is 4.74. The number of hydrogen-bond acceptors (Lipinski definition) is 3. The summed E-state index contributed by atoms with van der Waals surface area (Å²) in [6, 6.07) is 10.1. The first-order valence-electron chi connectivity index (χ1n) is 7.67. The van der Waals surface area contributed by atoms with Gasteiger partial charge in [0.2, 0.25) is 0 Å². The molecule has 6 nitrogen and oxygen atoms in total. The van der Waals surface area contributed by atoms with Crippen molar-refractivity contribution >= 4 is 40.1 Å². The maximum atomic E-state index is 12.8. The molecule has 0 saturated heterocycles. The Kier molecular flexibility index (Phi) is 4.89. The van der Waals surface area contributed by atoms with Gasteiger partial charge in [0.25, 0.3) is 5.56 Å². The summed E-state index contributed by atoms with van der Waals surface area (Å²) in [5.74, 6) is -1.27. The highest BCUT2D eigenvalue weighted by Crippen LogP contribution is 2.23. The summed E-state index contributed by atoms with van der Waals surface area (Å²) < 4.78 is 2.08. The topological polar surface area (TPSA) is 81.3 Å². The molecule has 134 valence electrons. The van der Waals surface area contributed by atoms with Crippen LogP contribution < -0.4 is 11.2 Å². The molecular weight excluding hydrogens is 379 g/mol. The van der Waals surface area contributed by atoms with Crippen molar-refractivity contribution in [3.8, 4) is 0 Å². The Morgan fingerprint density at radius 3 is 2.42 bits per heavy atom. The van der Waals surface area contributed by atoms with Crippen LogP contribution in [0.3, 0.4) is 0 Å². The Hall–Kier alpha value is -2.57. The van der Waals surface area contributed by atoms with Gasteiger partial charge in [0, 0.05) is 0 Å². The highest BCUT2D eigenvalue weighted by molar-refractivity contribution is 6.42. The molecule has 0 aliphatic heterocycles. The van der Waals surface area contributed by atoms with Crippen LogP contribution in [0.2, 0.25) is 10.0 Å². The van der Waals surface area contributed by atoms with E-state index in [2.05, 4.69) is 0 Å². The fourth-order valence-corrected chi connectivity index (χ4v) is 3.11. The minimum Gasteiger partial charge on any atom is -0.480 e. The Morgan fingerprint density at radius 2 is 1.77 bits per heavy atom. The van der Waals surface area contributed by atoms with Crippen molar-refractivity contribution in [3.63, 3.8) is 0 Å². The number of halogens is 2. The fraction of sp³-hybridized carbons (Fsp3) is 0.167. The average molecular weight is 393 g/mol. The van der Waals surface area contributed by atoms with Gasteiger partial charge in [0.05, 0.1) is 27.5 Å². The summed E-state index contributed by atoms with van der Waals surface area (Å²) in [5.41, 5.74) is 0.639. The minimum atomic E-state index is -1.27. The number of aliphatic carboxylic acids is 1. The standard InChI is InChI=1S/C18H14Cl2N2O4/c1-10-2-5-15-12(6-10)17(25)22(9-16(23)24)18(26)21(15)8-11-3-4-13(19)14(20)7-11/h2-7H,8-9H2,1H3,(H,23,24). The molecule has 2 aromatic carbocycles. The Balaban J connectivity index is 2.28. The van der Waals surface area contributed by atoms with E-state index in [-0.39, 0.29) is 11.9 Å². The summed E-state index contributed by atoms with van der Waals surface area (Å²) in [6.45, 7) is 1.23. The first kappa shape index (κ1) is 18.2. The van der Waals surface area contributed by atoms with Gasteiger partial charge >= 0.3 is 11.7 Å². The third kappa shape index (κ3) is 3.38. The lowest BCUT2D eigenvalue weighted by molar-refractivity contribution is -0.137. The average Bonchev–Trinajstić information content (AvgIpc) is 2.58. The molecule has 0 spiro atoms. The van der Waals surface area contributed by atoms with Crippen molar-refractivity contribution in [2.45, 2.75) is 20.0 Å². The minimum absolute atomic E-state index is 0.120. The third-order valence-electron chi connectivity index (χ3n) is 4.00. The zero-order valence-electron chi connectivity index (χ0n) is 13.7. The quantitative estimate of drug-likeness (QED) is 0.739. The molecule has 0 saturated carbocycles. The summed E-state index contributed by atoms with van der Waals surface area (Å²) in [5, 5.41) is 10.1. The van der Waals surface area contributed by atoms with E-state index >= 15 is 0 Å².